The second kappa shape index (κ2) is 12.2. The predicted octanol–water partition coefficient (Wildman–Crippen LogP) is 6.01. The number of nitrogens with zero attached hydrogens (tertiary/aromatic N) is 2. The standard InChI is InChI=1S/C27H41FN2O/c1-20(2)14-22-10-8-11-23(16-22)17-30(24(15-21(3)4)18-29(5)6)19-25-26(28)12-9-13-27(25)31-7/h8-13,16,20-21,24H,14-15,17-19H2,1-7H3/t24-/m0/s1. The summed E-state index contributed by atoms with van der Waals surface area (Å²) in [5.41, 5.74) is 3.28. The Balaban J connectivity index is 2.39. The van der Waals surface area contributed by atoms with Gasteiger partial charge in [0.1, 0.15) is 11.6 Å². The predicted molar refractivity (Wildman–Crippen MR) is 129 cm³/mol. The highest BCUT2D eigenvalue weighted by Crippen LogP contribution is 2.27. The molecule has 0 unspecified atom stereocenters. The fraction of sp³-hybridized carbons (Fsp3) is 0.556. The SMILES string of the molecule is COc1cccc(F)c1CN(Cc1cccc(CC(C)C)c1)[C@@H](CC(C)C)CN(C)C. The van der Waals surface area contributed by atoms with Crippen molar-refractivity contribution in [1.82, 2.24) is 9.80 Å². The zero-order chi connectivity index (χ0) is 23.0. The Morgan fingerprint density at radius 2 is 1.58 bits per heavy atom. The van der Waals surface area contributed by atoms with Crippen molar-refractivity contribution in [2.45, 2.75) is 59.7 Å². The van der Waals surface area contributed by atoms with Gasteiger partial charge in [-0.1, -0.05) is 58.0 Å². The van der Waals surface area contributed by atoms with Crippen LogP contribution < -0.4 is 4.74 Å². The van der Waals surface area contributed by atoms with Gasteiger partial charge in [-0.3, -0.25) is 4.90 Å². The summed E-state index contributed by atoms with van der Waals surface area (Å²) in [6.45, 7) is 11.3. The molecule has 0 radical (unpaired) electrons. The Hall–Kier alpha value is -1.91. The number of halogens is 1. The van der Waals surface area contributed by atoms with Gasteiger partial charge >= 0.3 is 0 Å². The van der Waals surface area contributed by atoms with Crippen LogP contribution in [-0.2, 0) is 19.5 Å². The molecule has 2 aromatic rings. The number of hydrogen-bond donors (Lipinski definition) is 0. The molecule has 0 aliphatic carbocycles. The highest BCUT2D eigenvalue weighted by atomic mass is 19.1. The fourth-order valence-corrected chi connectivity index (χ4v) is 4.27. The minimum Gasteiger partial charge on any atom is -0.496 e. The maximum atomic E-state index is 14.8. The number of likely N-dealkylation sites (N-methyl/N-ethyl adjacent to an activating group) is 1. The Morgan fingerprint density at radius 3 is 2.19 bits per heavy atom. The molecule has 4 heteroatoms. The van der Waals surface area contributed by atoms with Gasteiger partial charge in [0.05, 0.1) is 7.11 Å². The van der Waals surface area contributed by atoms with E-state index in [1.54, 1.807) is 13.2 Å². The average Bonchev–Trinajstić information content (AvgIpc) is 2.67. The molecule has 0 aromatic heterocycles. The highest BCUT2D eigenvalue weighted by Gasteiger charge is 2.24. The van der Waals surface area contributed by atoms with Crippen molar-refractivity contribution in [2.24, 2.45) is 11.8 Å². The first-order chi connectivity index (χ1) is 14.7. The number of rotatable bonds is 12. The van der Waals surface area contributed by atoms with E-state index in [9.17, 15) is 4.39 Å². The van der Waals surface area contributed by atoms with Crippen LogP contribution in [0.4, 0.5) is 4.39 Å². The van der Waals surface area contributed by atoms with Gasteiger partial charge < -0.3 is 9.64 Å². The third-order valence-corrected chi connectivity index (χ3v) is 5.51. The highest BCUT2D eigenvalue weighted by molar-refractivity contribution is 5.35. The minimum atomic E-state index is -0.203. The van der Waals surface area contributed by atoms with Crippen LogP contribution >= 0.6 is 0 Å². The normalized spacial score (nSPS) is 12.9. The molecule has 0 amide bonds. The van der Waals surface area contributed by atoms with Gasteiger partial charge in [0, 0.05) is 31.2 Å². The molecule has 0 spiro atoms. The molecule has 0 bridgehead atoms. The molecule has 0 fully saturated rings. The van der Waals surface area contributed by atoms with Crippen LogP contribution in [0.2, 0.25) is 0 Å². The lowest BCUT2D eigenvalue weighted by molar-refractivity contribution is 0.124. The Kier molecular flexibility index (Phi) is 9.98. The van der Waals surface area contributed by atoms with Gasteiger partial charge in [0.25, 0.3) is 0 Å². The van der Waals surface area contributed by atoms with E-state index in [4.69, 9.17) is 4.74 Å². The summed E-state index contributed by atoms with van der Waals surface area (Å²) in [6.07, 6.45) is 2.13. The van der Waals surface area contributed by atoms with Crippen LogP contribution in [-0.4, -0.2) is 43.6 Å². The van der Waals surface area contributed by atoms with Gasteiger partial charge in [-0.2, -0.15) is 0 Å². The van der Waals surface area contributed by atoms with Gasteiger partial charge in [-0.25, -0.2) is 4.39 Å². The van der Waals surface area contributed by atoms with Gasteiger partial charge in [-0.05, 0) is 62.0 Å². The summed E-state index contributed by atoms with van der Waals surface area (Å²) in [5, 5.41) is 0. The molecule has 2 aromatic carbocycles. The van der Waals surface area contributed by atoms with Crippen LogP contribution in [0, 0.1) is 17.7 Å². The molecule has 2 rings (SSSR count). The summed E-state index contributed by atoms with van der Waals surface area (Å²) in [6, 6.07) is 14.3. The number of benzene rings is 2. The van der Waals surface area contributed by atoms with E-state index in [1.165, 1.54) is 17.2 Å². The molecule has 0 N–H and O–H groups in total. The van der Waals surface area contributed by atoms with Crippen molar-refractivity contribution in [3.05, 3.63) is 65.0 Å². The number of ether oxygens (including phenoxy) is 1. The van der Waals surface area contributed by atoms with Crippen molar-refractivity contribution in [2.75, 3.05) is 27.7 Å². The van der Waals surface area contributed by atoms with Gasteiger partial charge in [-0.15, -0.1) is 0 Å². The lowest BCUT2D eigenvalue weighted by atomic mass is 9.98. The topological polar surface area (TPSA) is 15.7 Å². The first kappa shape index (κ1) is 25.4. The van der Waals surface area contributed by atoms with Crippen molar-refractivity contribution < 1.29 is 9.13 Å². The Labute approximate surface area is 189 Å². The molecule has 0 aliphatic heterocycles. The van der Waals surface area contributed by atoms with E-state index >= 15 is 0 Å². The summed E-state index contributed by atoms with van der Waals surface area (Å²) < 4.78 is 20.3. The molecule has 0 saturated heterocycles. The minimum absolute atomic E-state index is 0.203. The molecule has 0 heterocycles. The summed E-state index contributed by atoms with van der Waals surface area (Å²) in [7, 11) is 5.83. The van der Waals surface area contributed by atoms with E-state index in [0.29, 0.717) is 35.7 Å². The van der Waals surface area contributed by atoms with Crippen molar-refractivity contribution in [1.29, 1.82) is 0 Å². The van der Waals surface area contributed by atoms with Gasteiger partial charge in [0.2, 0.25) is 0 Å². The van der Waals surface area contributed by atoms with Crippen LogP contribution in [0.1, 0.15) is 50.8 Å². The first-order valence-corrected chi connectivity index (χ1v) is 11.5. The number of methoxy groups -OCH3 is 1. The number of hydrogen-bond acceptors (Lipinski definition) is 3. The quantitative estimate of drug-likeness (QED) is 0.412. The monoisotopic (exact) mass is 428 g/mol. The van der Waals surface area contributed by atoms with E-state index in [1.807, 2.05) is 6.07 Å². The molecule has 1 atom stereocenters. The van der Waals surface area contributed by atoms with Crippen LogP contribution in [0.5, 0.6) is 5.75 Å². The molecule has 31 heavy (non-hydrogen) atoms. The van der Waals surface area contributed by atoms with E-state index in [0.717, 1.165) is 25.9 Å². The largest absolute Gasteiger partial charge is 0.496 e. The fourth-order valence-electron chi connectivity index (χ4n) is 4.27. The lowest BCUT2D eigenvalue weighted by Gasteiger charge is -2.35. The molecule has 172 valence electrons. The van der Waals surface area contributed by atoms with Gasteiger partial charge in [0.15, 0.2) is 0 Å². The third-order valence-electron chi connectivity index (χ3n) is 5.51. The van der Waals surface area contributed by atoms with Crippen LogP contribution in [0.15, 0.2) is 42.5 Å². The average molecular weight is 429 g/mol. The second-order valence-electron chi connectivity index (χ2n) is 9.79. The third kappa shape index (κ3) is 8.27. The molecule has 3 nitrogen and oxygen atoms in total. The zero-order valence-corrected chi connectivity index (χ0v) is 20.5. The van der Waals surface area contributed by atoms with Crippen LogP contribution in [0.25, 0.3) is 0 Å². The van der Waals surface area contributed by atoms with Crippen molar-refractivity contribution >= 4 is 0 Å². The Bertz CT molecular complexity index is 794. The lowest BCUT2D eigenvalue weighted by Crippen LogP contribution is -2.42. The summed E-state index contributed by atoms with van der Waals surface area (Å²) >= 11 is 0. The van der Waals surface area contributed by atoms with Crippen molar-refractivity contribution in [3.8, 4) is 5.75 Å². The van der Waals surface area contributed by atoms with Crippen molar-refractivity contribution in [3.63, 3.8) is 0 Å². The van der Waals surface area contributed by atoms with E-state index < -0.39 is 0 Å². The second-order valence-corrected chi connectivity index (χ2v) is 9.79. The maximum Gasteiger partial charge on any atom is 0.131 e. The smallest absolute Gasteiger partial charge is 0.131 e. The molecule has 0 aliphatic rings. The Morgan fingerprint density at radius 1 is 0.903 bits per heavy atom. The summed E-state index contributed by atoms with van der Waals surface area (Å²) in [4.78, 5) is 4.66. The molecular formula is C27H41FN2O. The van der Waals surface area contributed by atoms with Crippen LogP contribution in [0.3, 0.4) is 0 Å². The maximum absolute atomic E-state index is 14.8. The molecular weight excluding hydrogens is 387 g/mol. The summed E-state index contributed by atoms with van der Waals surface area (Å²) in [5.74, 6) is 1.59. The molecule has 0 saturated carbocycles. The van der Waals surface area contributed by atoms with E-state index in [-0.39, 0.29) is 5.82 Å². The first-order valence-electron chi connectivity index (χ1n) is 11.5. The van der Waals surface area contributed by atoms with E-state index in [2.05, 4.69) is 75.9 Å². The zero-order valence-electron chi connectivity index (χ0n) is 20.5.